The highest BCUT2D eigenvalue weighted by molar-refractivity contribution is 5.51. The minimum Gasteiger partial charge on any atom is -0.507 e. The van der Waals surface area contributed by atoms with Gasteiger partial charge in [0.05, 0.1) is 25.9 Å². The van der Waals surface area contributed by atoms with Crippen LogP contribution in [0.15, 0.2) is 12.1 Å². The van der Waals surface area contributed by atoms with Gasteiger partial charge in [-0.25, -0.2) is 0 Å². The summed E-state index contributed by atoms with van der Waals surface area (Å²) < 4.78 is 10.1. The molecule has 0 fully saturated rings. The second-order valence-corrected chi connectivity index (χ2v) is 3.83. The zero-order valence-corrected chi connectivity index (χ0v) is 10.7. The van der Waals surface area contributed by atoms with Crippen molar-refractivity contribution in [2.45, 2.75) is 12.2 Å². The van der Waals surface area contributed by atoms with E-state index in [1.54, 1.807) is 7.05 Å². The smallest absolute Gasteiger partial charge is 0.132 e. The van der Waals surface area contributed by atoms with Crippen LogP contribution in [0.3, 0.4) is 0 Å². The van der Waals surface area contributed by atoms with Crippen molar-refractivity contribution in [3.63, 3.8) is 0 Å². The Hall–Kier alpha value is -1.50. The van der Waals surface area contributed by atoms with Gasteiger partial charge in [-0.3, -0.25) is 0 Å². The Bertz CT molecular complexity index is 396. The lowest BCUT2D eigenvalue weighted by Crippen LogP contribution is -2.29. The molecule has 18 heavy (non-hydrogen) atoms. The van der Waals surface area contributed by atoms with Crippen LogP contribution in [0.25, 0.3) is 0 Å². The van der Waals surface area contributed by atoms with Crippen LogP contribution in [0.2, 0.25) is 0 Å². The fourth-order valence-electron chi connectivity index (χ4n) is 1.68. The zero-order valence-electron chi connectivity index (χ0n) is 10.7. The van der Waals surface area contributed by atoms with Crippen molar-refractivity contribution < 1.29 is 24.8 Å². The highest BCUT2D eigenvalue weighted by Gasteiger charge is 2.25. The summed E-state index contributed by atoms with van der Waals surface area (Å²) in [6.45, 7) is 0.190. The van der Waals surface area contributed by atoms with E-state index in [9.17, 15) is 15.3 Å². The Morgan fingerprint density at radius 3 is 2.39 bits per heavy atom. The number of aromatic hydroxyl groups is 1. The molecule has 2 unspecified atom stereocenters. The molecule has 0 heterocycles. The molecule has 0 radical (unpaired) electrons. The first kappa shape index (κ1) is 14.6. The molecule has 0 aromatic heterocycles. The van der Waals surface area contributed by atoms with Crippen molar-refractivity contribution in [3.8, 4) is 17.2 Å². The number of benzene rings is 1. The first-order valence-electron chi connectivity index (χ1n) is 5.50. The summed E-state index contributed by atoms with van der Waals surface area (Å²) >= 11 is 0. The summed E-state index contributed by atoms with van der Waals surface area (Å²) in [5.74, 6) is 0.478. The number of aliphatic hydroxyl groups is 2. The van der Waals surface area contributed by atoms with E-state index in [2.05, 4.69) is 5.32 Å². The molecule has 0 aliphatic rings. The molecule has 0 amide bonds. The van der Waals surface area contributed by atoms with E-state index < -0.39 is 12.2 Å². The maximum absolute atomic E-state index is 10.0. The number of methoxy groups -OCH3 is 2. The summed E-state index contributed by atoms with van der Waals surface area (Å²) in [4.78, 5) is 0. The highest BCUT2D eigenvalue weighted by Crippen LogP contribution is 2.38. The number of hydrogen-bond acceptors (Lipinski definition) is 6. The zero-order chi connectivity index (χ0) is 13.7. The lowest BCUT2D eigenvalue weighted by Gasteiger charge is -2.21. The Morgan fingerprint density at radius 1 is 1.22 bits per heavy atom. The molecule has 6 heteroatoms. The Kier molecular flexibility index (Phi) is 5.21. The molecule has 1 aromatic rings. The van der Waals surface area contributed by atoms with Crippen LogP contribution in [-0.4, -0.2) is 49.2 Å². The molecule has 0 spiro atoms. The van der Waals surface area contributed by atoms with Crippen molar-refractivity contribution in [2.75, 3.05) is 27.8 Å². The molecule has 102 valence electrons. The molecular weight excluding hydrogens is 238 g/mol. The molecule has 2 atom stereocenters. The van der Waals surface area contributed by atoms with Crippen LogP contribution in [-0.2, 0) is 0 Å². The van der Waals surface area contributed by atoms with Gasteiger partial charge in [-0.2, -0.15) is 0 Å². The van der Waals surface area contributed by atoms with E-state index in [-0.39, 0.29) is 23.6 Å². The third kappa shape index (κ3) is 3.04. The number of aliphatic hydroxyl groups excluding tert-OH is 2. The van der Waals surface area contributed by atoms with E-state index in [4.69, 9.17) is 9.47 Å². The number of ether oxygens (including phenoxy) is 2. The summed E-state index contributed by atoms with van der Waals surface area (Å²) in [6.07, 6.45) is -2.30. The monoisotopic (exact) mass is 257 g/mol. The normalized spacial score (nSPS) is 14.1. The van der Waals surface area contributed by atoms with Crippen molar-refractivity contribution in [1.82, 2.24) is 5.32 Å². The quantitative estimate of drug-likeness (QED) is 0.574. The number of nitrogens with one attached hydrogen (secondary N) is 1. The molecule has 0 saturated heterocycles. The Morgan fingerprint density at radius 2 is 1.89 bits per heavy atom. The molecule has 0 saturated carbocycles. The molecule has 0 bridgehead atoms. The number of rotatable bonds is 6. The van der Waals surface area contributed by atoms with Gasteiger partial charge < -0.3 is 30.1 Å². The molecule has 1 aromatic carbocycles. The minimum absolute atomic E-state index is 0.140. The van der Waals surface area contributed by atoms with Gasteiger partial charge in [0, 0.05) is 18.7 Å². The fourth-order valence-corrected chi connectivity index (χ4v) is 1.68. The molecule has 6 nitrogen and oxygen atoms in total. The molecule has 4 N–H and O–H groups in total. The lowest BCUT2D eigenvalue weighted by atomic mass is 10.0. The summed E-state index contributed by atoms with van der Waals surface area (Å²) in [5, 5.41) is 32.3. The molecular formula is C12H19NO5. The Balaban J connectivity index is 3.14. The van der Waals surface area contributed by atoms with E-state index in [0.29, 0.717) is 5.75 Å². The maximum atomic E-state index is 10.0. The van der Waals surface area contributed by atoms with E-state index in [1.165, 1.54) is 26.4 Å². The van der Waals surface area contributed by atoms with Crippen molar-refractivity contribution in [2.24, 2.45) is 0 Å². The van der Waals surface area contributed by atoms with Crippen LogP contribution >= 0.6 is 0 Å². The van der Waals surface area contributed by atoms with Crippen LogP contribution < -0.4 is 14.8 Å². The van der Waals surface area contributed by atoms with Gasteiger partial charge in [-0.05, 0) is 7.05 Å². The van der Waals surface area contributed by atoms with Crippen molar-refractivity contribution in [1.29, 1.82) is 0 Å². The first-order chi connectivity index (χ1) is 8.54. The third-order valence-electron chi connectivity index (χ3n) is 2.62. The summed E-state index contributed by atoms with van der Waals surface area (Å²) in [5.41, 5.74) is 0.140. The van der Waals surface area contributed by atoms with Crippen LogP contribution in [0.4, 0.5) is 0 Å². The van der Waals surface area contributed by atoms with Crippen LogP contribution in [0.5, 0.6) is 17.2 Å². The van der Waals surface area contributed by atoms with E-state index in [1.807, 2.05) is 0 Å². The minimum atomic E-state index is -1.25. The summed E-state index contributed by atoms with van der Waals surface area (Å²) in [7, 11) is 4.52. The molecule has 1 rings (SSSR count). The van der Waals surface area contributed by atoms with Crippen LogP contribution in [0, 0.1) is 0 Å². The maximum Gasteiger partial charge on any atom is 0.132 e. The standard InChI is InChI=1S/C12H19NO5/c1-13-6-9(15)12(16)11-8(14)4-7(17-2)5-10(11)18-3/h4-5,9,12-16H,6H2,1-3H3. The topological polar surface area (TPSA) is 91.2 Å². The third-order valence-corrected chi connectivity index (χ3v) is 2.62. The number of likely N-dealkylation sites (N-methyl/N-ethyl adjacent to an activating group) is 1. The largest absolute Gasteiger partial charge is 0.507 e. The average molecular weight is 257 g/mol. The van der Waals surface area contributed by atoms with Gasteiger partial charge >= 0.3 is 0 Å². The van der Waals surface area contributed by atoms with Gasteiger partial charge in [-0.15, -0.1) is 0 Å². The Labute approximate surface area is 106 Å². The predicted molar refractivity (Wildman–Crippen MR) is 66.1 cm³/mol. The lowest BCUT2D eigenvalue weighted by molar-refractivity contribution is 0.0174. The number of phenolic OH excluding ortho intramolecular Hbond substituents is 1. The van der Waals surface area contributed by atoms with Crippen molar-refractivity contribution >= 4 is 0 Å². The first-order valence-corrected chi connectivity index (χ1v) is 5.50. The predicted octanol–water partition coefficient (Wildman–Crippen LogP) is 0.0231. The van der Waals surface area contributed by atoms with E-state index >= 15 is 0 Å². The van der Waals surface area contributed by atoms with Crippen molar-refractivity contribution in [3.05, 3.63) is 17.7 Å². The van der Waals surface area contributed by atoms with Gasteiger partial charge in [0.2, 0.25) is 0 Å². The average Bonchev–Trinajstić information content (AvgIpc) is 2.37. The highest BCUT2D eigenvalue weighted by atomic mass is 16.5. The number of phenols is 1. The van der Waals surface area contributed by atoms with Gasteiger partial charge in [-0.1, -0.05) is 0 Å². The second kappa shape index (κ2) is 6.44. The second-order valence-electron chi connectivity index (χ2n) is 3.83. The molecule has 0 aliphatic carbocycles. The van der Waals surface area contributed by atoms with Gasteiger partial charge in [0.25, 0.3) is 0 Å². The van der Waals surface area contributed by atoms with Gasteiger partial charge in [0.1, 0.15) is 23.4 Å². The van der Waals surface area contributed by atoms with Crippen LogP contribution in [0.1, 0.15) is 11.7 Å². The molecule has 0 aliphatic heterocycles. The van der Waals surface area contributed by atoms with E-state index in [0.717, 1.165) is 0 Å². The fraction of sp³-hybridized carbons (Fsp3) is 0.500. The van der Waals surface area contributed by atoms with Gasteiger partial charge in [0.15, 0.2) is 0 Å². The summed E-state index contributed by atoms with van der Waals surface area (Å²) in [6, 6.07) is 2.89. The SMILES string of the molecule is CNCC(O)C(O)c1c(O)cc(OC)cc1OC. The number of hydrogen-bond donors (Lipinski definition) is 4.